The summed E-state index contributed by atoms with van der Waals surface area (Å²) in [5.41, 5.74) is -0.695. The third-order valence-electron chi connectivity index (χ3n) is 2.05. The number of carbonyl (C=O) groups is 1. The summed E-state index contributed by atoms with van der Waals surface area (Å²) in [5.74, 6) is -6.07. The van der Waals surface area contributed by atoms with E-state index in [4.69, 9.17) is 11.6 Å². The van der Waals surface area contributed by atoms with Crippen LogP contribution >= 0.6 is 11.6 Å². The van der Waals surface area contributed by atoms with E-state index >= 15 is 0 Å². The molecule has 0 heterocycles. The quantitative estimate of drug-likeness (QED) is 0.587. The second-order valence-electron chi connectivity index (χ2n) is 3.39. The Morgan fingerprint density at radius 2 is 1.33 bits per heavy atom. The first-order chi connectivity index (χ1) is 8.03. The Morgan fingerprint density at radius 1 is 0.944 bits per heavy atom. The zero-order chi connectivity index (χ0) is 14.1. The number of hydrogen-bond donors (Lipinski definition) is 0. The smallest absolute Gasteiger partial charge is 0.293 e. The van der Waals surface area contributed by atoms with Gasteiger partial charge in [0.1, 0.15) is 0 Å². The molecule has 0 spiro atoms. The molecule has 8 heteroatoms. The van der Waals surface area contributed by atoms with Gasteiger partial charge in [-0.25, -0.2) is 0 Å². The van der Waals surface area contributed by atoms with Gasteiger partial charge < -0.3 is 0 Å². The van der Waals surface area contributed by atoms with Gasteiger partial charge in [0.2, 0.25) is 5.92 Å². The lowest BCUT2D eigenvalue weighted by atomic mass is 9.96. The molecule has 100 valence electrons. The minimum Gasteiger partial charge on any atom is -0.293 e. The van der Waals surface area contributed by atoms with E-state index in [0.717, 1.165) is 24.3 Å². The SMILES string of the molecule is O=C(c1ccc(Cl)cc1)C(C(F)(F)F)C(F)(F)F. The average Bonchev–Trinajstić information content (AvgIpc) is 2.13. The topological polar surface area (TPSA) is 17.1 Å². The molecule has 0 saturated heterocycles. The van der Waals surface area contributed by atoms with Crippen molar-refractivity contribution < 1.29 is 31.1 Å². The minimum atomic E-state index is -5.69. The Hall–Kier alpha value is -1.24. The third kappa shape index (κ3) is 3.38. The van der Waals surface area contributed by atoms with Crippen LogP contribution in [0.1, 0.15) is 10.4 Å². The fourth-order valence-corrected chi connectivity index (χ4v) is 1.39. The molecule has 0 fully saturated rings. The molecule has 1 nitrogen and oxygen atoms in total. The van der Waals surface area contributed by atoms with Gasteiger partial charge in [0.25, 0.3) is 0 Å². The number of benzene rings is 1. The van der Waals surface area contributed by atoms with Crippen LogP contribution in [0.3, 0.4) is 0 Å². The lowest BCUT2D eigenvalue weighted by Gasteiger charge is -2.21. The highest BCUT2D eigenvalue weighted by molar-refractivity contribution is 6.30. The molecular formula is C10H5ClF6O. The van der Waals surface area contributed by atoms with Gasteiger partial charge in [0, 0.05) is 10.6 Å². The van der Waals surface area contributed by atoms with Gasteiger partial charge in [-0.2, -0.15) is 26.3 Å². The molecule has 0 aromatic heterocycles. The second kappa shape index (κ2) is 4.79. The van der Waals surface area contributed by atoms with E-state index in [2.05, 4.69) is 0 Å². The van der Waals surface area contributed by atoms with Crippen molar-refractivity contribution in [2.24, 2.45) is 5.92 Å². The van der Waals surface area contributed by atoms with Gasteiger partial charge in [-0.15, -0.1) is 0 Å². The van der Waals surface area contributed by atoms with Gasteiger partial charge in [-0.05, 0) is 24.3 Å². The molecule has 0 aliphatic rings. The number of alkyl halides is 6. The number of carbonyl (C=O) groups excluding carboxylic acids is 1. The van der Waals surface area contributed by atoms with E-state index in [0.29, 0.717) is 0 Å². The summed E-state index contributed by atoms with van der Waals surface area (Å²) in [6.07, 6.45) is -11.4. The molecule has 0 atom stereocenters. The van der Waals surface area contributed by atoms with Crippen molar-refractivity contribution in [2.75, 3.05) is 0 Å². The van der Waals surface area contributed by atoms with E-state index < -0.39 is 29.6 Å². The Labute approximate surface area is 102 Å². The molecule has 0 aliphatic carbocycles. The van der Waals surface area contributed by atoms with Crippen molar-refractivity contribution in [1.82, 2.24) is 0 Å². The first-order valence-corrected chi connectivity index (χ1v) is 4.84. The highest BCUT2D eigenvalue weighted by Crippen LogP contribution is 2.41. The average molecular weight is 291 g/mol. The highest BCUT2D eigenvalue weighted by atomic mass is 35.5. The maximum atomic E-state index is 12.3. The number of hydrogen-bond acceptors (Lipinski definition) is 1. The Kier molecular flexibility index (Phi) is 3.95. The summed E-state index contributed by atoms with van der Waals surface area (Å²) in [7, 11) is 0. The number of Topliss-reactive ketones (excluding diaryl/α,β-unsaturated/α-hetero) is 1. The van der Waals surface area contributed by atoms with Gasteiger partial charge >= 0.3 is 12.4 Å². The van der Waals surface area contributed by atoms with Gasteiger partial charge in [0.15, 0.2) is 5.78 Å². The second-order valence-corrected chi connectivity index (χ2v) is 3.82. The molecule has 0 saturated carbocycles. The summed E-state index contributed by atoms with van der Waals surface area (Å²) in [5, 5.41) is 0.0992. The monoisotopic (exact) mass is 290 g/mol. The van der Waals surface area contributed by atoms with Crippen LogP contribution in [0, 0.1) is 5.92 Å². The van der Waals surface area contributed by atoms with Crippen molar-refractivity contribution >= 4 is 17.4 Å². The molecule has 0 unspecified atom stereocenters. The molecule has 1 rings (SSSR count). The Bertz CT molecular complexity index is 419. The molecule has 0 radical (unpaired) electrons. The van der Waals surface area contributed by atoms with Crippen LogP contribution in [0.15, 0.2) is 24.3 Å². The van der Waals surface area contributed by atoms with Crippen molar-refractivity contribution in [1.29, 1.82) is 0 Å². The fraction of sp³-hybridized carbons (Fsp3) is 0.300. The van der Waals surface area contributed by atoms with Gasteiger partial charge in [0.05, 0.1) is 0 Å². The summed E-state index contributed by atoms with van der Waals surface area (Å²) < 4.78 is 73.6. The van der Waals surface area contributed by atoms with Crippen molar-refractivity contribution in [2.45, 2.75) is 12.4 Å². The number of rotatable bonds is 2. The Balaban J connectivity index is 3.16. The van der Waals surface area contributed by atoms with Crippen LogP contribution in [0.25, 0.3) is 0 Å². The summed E-state index contributed by atoms with van der Waals surface area (Å²) >= 11 is 5.42. The van der Waals surface area contributed by atoms with Crippen LogP contribution in [0.2, 0.25) is 5.02 Å². The zero-order valence-corrected chi connectivity index (χ0v) is 9.20. The molecule has 0 bridgehead atoms. The van der Waals surface area contributed by atoms with Gasteiger partial charge in [-0.1, -0.05) is 11.6 Å². The van der Waals surface area contributed by atoms with Crippen LogP contribution in [0.4, 0.5) is 26.3 Å². The first-order valence-electron chi connectivity index (χ1n) is 4.46. The molecule has 0 aliphatic heterocycles. The van der Waals surface area contributed by atoms with Crippen molar-refractivity contribution in [3.05, 3.63) is 34.9 Å². The summed E-state index contributed by atoms with van der Waals surface area (Å²) in [6, 6.07) is 3.71. The lowest BCUT2D eigenvalue weighted by molar-refractivity contribution is -0.264. The third-order valence-corrected chi connectivity index (χ3v) is 2.30. The van der Waals surface area contributed by atoms with E-state index in [-0.39, 0.29) is 5.02 Å². The molecule has 0 amide bonds. The number of ketones is 1. The largest absolute Gasteiger partial charge is 0.407 e. The first kappa shape index (κ1) is 14.8. The molecule has 1 aromatic rings. The summed E-state index contributed by atoms with van der Waals surface area (Å²) in [4.78, 5) is 11.3. The van der Waals surface area contributed by atoms with Crippen LogP contribution in [0.5, 0.6) is 0 Å². The lowest BCUT2D eigenvalue weighted by Crippen LogP contribution is -2.42. The minimum absolute atomic E-state index is 0.0992. The normalized spacial score (nSPS) is 12.9. The maximum absolute atomic E-state index is 12.3. The van der Waals surface area contributed by atoms with Crippen LogP contribution < -0.4 is 0 Å². The summed E-state index contributed by atoms with van der Waals surface area (Å²) in [6.45, 7) is 0. The molecule has 0 N–H and O–H groups in total. The fourth-order valence-electron chi connectivity index (χ4n) is 1.26. The Morgan fingerprint density at radius 3 is 1.67 bits per heavy atom. The van der Waals surface area contributed by atoms with E-state index in [9.17, 15) is 31.1 Å². The maximum Gasteiger partial charge on any atom is 0.407 e. The van der Waals surface area contributed by atoms with Crippen LogP contribution in [-0.2, 0) is 0 Å². The van der Waals surface area contributed by atoms with Crippen molar-refractivity contribution in [3.63, 3.8) is 0 Å². The molecule has 1 aromatic carbocycles. The van der Waals surface area contributed by atoms with E-state index in [1.807, 2.05) is 0 Å². The molecular weight excluding hydrogens is 286 g/mol. The van der Waals surface area contributed by atoms with E-state index in [1.54, 1.807) is 0 Å². The zero-order valence-electron chi connectivity index (χ0n) is 8.44. The van der Waals surface area contributed by atoms with Gasteiger partial charge in [-0.3, -0.25) is 4.79 Å². The highest BCUT2D eigenvalue weighted by Gasteiger charge is 2.60. The van der Waals surface area contributed by atoms with E-state index in [1.165, 1.54) is 0 Å². The molecule has 18 heavy (non-hydrogen) atoms. The van der Waals surface area contributed by atoms with Crippen LogP contribution in [-0.4, -0.2) is 18.1 Å². The standard InChI is InChI=1S/C10H5ClF6O/c11-6-3-1-5(2-4-6)7(18)8(9(12,13)14)10(15,16)17/h1-4,8H. The predicted molar refractivity (Wildman–Crippen MR) is 51.4 cm³/mol. The predicted octanol–water partition coefficient (Wildman–Crippen LogP) is 4.26. The number of halogens is 7. The van der Waals surface area contributed by atoms with Crippen molar-refractivity contribution in [3.8, 4) is 0 Å².